The van der Waals surface area contributed by atoms with E-state index in [0.29, 0.717) is 27.3 Å². The van der Waals surface area contributed by atoms with Crippen LogP contribution in [0.15, 0.2) is 51.3 Å². The molecule has 0 aliphatic heterocycles. The number of furan rings is 1. The van der Waals surface area contributed by atoms with Crippen molar-refractivity contribution in [1.82, 2.24) is 9.55 Å². The second-order valence-electron chi connectivity index (χ2n) is 6.55. The number of fused-ring (bicyclic) bond motifs is 1. The van der Waals surface area contributed by atoms with Gasteiger partial charge in [0, 0.05) is 10.9 Å². The zero-order valence-electron chi connectivity index (χ0n) is 15.7. The number of benzene rings is 1. The molecule has 3 aromatic heterocycles. The second-order valence-corrected chi connectivity index (χ2v) is 7.41. The first-order valence-corrected chi connectivity index (χ1v) is 9.57. The highest BCUT2D eigenvalue weighted by Gasteiger charge is 2.17. The predicted molar refractivity (Wildman–Crippen MR) is 108 cm³/mol. The third-order valence-corrected chi connectivity index (χ3v) is 5.51. The van der Waals surface area contributed by atoms with Gasteiger partial charge in [-0.3, -0.25) is 9.36 Å². The molecule has 0 saturated carbocycles. The fraction of sp³-hybridized carbons (Fsp3) is 0.190. The van der Waals surface area contributed by atoms with E-state index in [9.17, 15) is 9.59 Å². The van der Waals surface area contributed by atoms with Crippen LogP contribution in [0.25, 0.3) is 21.3 Å². The van der Waals surface area contributed by atoms with Crippen molar-refractivity contribution in [3.8, 4) is 11.1 Å². The average Bonchev–Trinajstić information content (AvgIpc) is 3.28. The fourth-order valence-corrected chi connectivity index (χ4v) is 4.03. The van der Waals surface area contributed by atoms with Crippen LogP contribution in [-0.2, 0) is 11.3 Å². The Labute approximate surface area is 165 Å². The largest absolute Gasteiger partial charge is 0.465 e. The maximum absolute atomic E-state index is 13.1. The molecule has 7 heteroatoms. The molecule has 0 aliphatic carbocycles. The second kappa shape index (κ2) is 7.09. The number of aryl methyl sites for hydroxylation is 2. The summed E-state index contributed by atoms with van der Waals surface area (Å²) in [6, 6.07) is 9.66. The first kappa shape index (κ1) is 18.2. The Kier molecular flexibility index (Phi) is 4.60. The number of ether oxygens (including phenoxy) is 1. The van der Waals surface area contributed by atoms with Crippen molar-refractivity contribution in [2.45, 2.75) is 20.4 Å². The van der Waals surface area contributed by atoms with Crippen LogP contribution in [-0.4, -0.2) is 22.6 Å². The molecule has 3 heterocycles. The van der Waals surface area contributed by atoms with Crippen LogP contribution in [0.1, 0.15) is 27.4 Å². The zero-order valence-corrected chi connectivity index (χ0v) is 16.5. The van der Waals surface area contributed by atoms with E-state index >= 15 is 0 Å². The van der Waals surface area contributed by atoms with E-state index in [1.54, 1.807) is 13.0 Å². The van der Waals surface area contributed by atoms with Gasteiger partial charge in [0.1, 0.15) is 21.9 Å². The van der Waals surface area contributed by atoms with Crippen molar-refractivity contribution in [3.05, 3.63) is 75.0 Å². The van der Waals surface area contributed by atoms with Crippen LogP contribution in [0, 0.1) is 13.8 Å². The third-order valence-electron chi connectivity index (χ3n) is 4.62. The molecule has 0 unspecified atom stereocenters. The van der Waals surface area contributed by atoms with Gasteiger partial charge in [-0.2, -0.15) is 0 Å². The topological polar surface area (TPSA) is 74.3 Å². The summed E-state index contributed by atoms with van der Waals surface area (Å²) < 4.78 is 11.9. The van der Waals surface area contributed by atoms with Crippen LogP contribution >= 0.6 is 11.3 Å². The van der Waals surface area contributed by atoms with Crippen molar-refractivity contribution in [1.29, 1.82) is 0 Å². The lowest BCUT2D eigenvalue weighted by atomic mass is 10.1. The Morgan fingerprint density at radius 1 is 1.25 bits per heavy atom. The van der Waals surface area contributed by atoms with Crippen molar-refractivity contribution >= 4 is 27.5 Å². The lowest BCUT2D eigenvalue weighted by molar-refractivity contribution is 0.0599. The quantitative estimate of drug-likeness (QED) is 0.486. The van der Waals surface area contributed by atoms with Gasteiger partial charge in [-0.25, -0.2) is 9.78 Å². The van der Waals surface area contributed by atoms with Gasteiger partial charge < -0.3 is 9.15 Å². The molecule has 28 heavy (non-hydrogen) atoms. The van der Waals surface area contributed by atoms with E-state index < -0.39 is 5.97 Å². The number of esters is 1. The number of methoxy groups -OCH3 is 1. The molecule has 0 radical (unpaired) electrons. The van der Waals surface area contributed by atoms with E-state index in [-0.39, 0.29) is 12.1 Å². The molecule has 0 spiro atoms. The van der Waals surface area contributed by atoms with Gasteiger partial charge in [0.25, 0.3) is 5.56 Å². The van der Waals surface area contributed by atoms with Crippen molar-refractivity contribution < 1.29 is 13.9 Å². The van der Waals surface area contributed by atoms with Crippen LogP contribution in [0.3, 0.4) is 0 Å². The number of hydrogen-bond acceptors (Lipinski definition) is 6. The number of carbonyl (C=O) groups excluding carboxylic acids is 1. The van der Waals surface area contributed by atoms with Gasteiger partial charge in [-0.1, -0.05) is 29.8 Å². The number of rotatable bonds is 4. The summed E-state index contributed by atoms with van der Waals surface area (Å²) in [7, 11) is 1.32. The summed E-state index contributed by atoms with van der Waals surface area (Å²) >= 11 is 1.45. The summed E-state index contributed by atoms with van der Waals surface area (Å²) in [4.78, 5) is 30.0. The Morgan fingerprint density at radius 2 is 2.00 bits per heavy atom. The summed E-state index contributed by atoms with van der Waals surface area (Å²) in [5.74, 6) is 0.487. The number of thiophene rings is 1. The molecule has 142 valence electrons. The molecular formula is C21H18N2O4S. The highest BCUT2D eigenvalue weighted by Crippen LogP contribution is 2.30. The molecule has 1 aromatic carbocycles. The molecule has 0 N–H and O–H groups in total. The monoisotopic (exact) mass is 394 g/mol. The number of carbonyl (C=O) groups is 1. The van der Waals surface area contributed by atoms with Crippen LogP contribution in [0.2, 0.25) is 0 Å². The molecule has 4 rings (SSSR count). The molecule has 0 bridgehead atoms. The highest BCUT2D eigenvalue weighted by atomic mass is 32.1. The molecule has 0 atom stereocenters. The standard InChI is InChI=1S/C21H18N2O4S/c1-12-4-6-14(7-5-12)17-10-28-19-18(17)20(24)23(11-22-19)9-15-8-16(13(2)27-15)21(25)26-3/h4-8,10-11H,9H2,1-3H3. The summed E-state index contributed by atoms with van der Waals surface area (Å²) in [6.07, 6.45) is 1.51. The zero-order chi connectivity index (χ0) is 19.8. The van der Waals surface area contributed by atoms with E-state index in [0.717, 1.165) is 16.7 Å². The fourth-order valence-electron chi connectivity index (χ4n) is 3.13. The lowest BCUT2D eigenvalue weighted by Gasteiger charge is -2.05. The molecular weight excluding hydrogens is 376 g/mol. The molecule has 0 amide bonds. The molecule has 0 aliphatic rings. The SMILES string of the molecule is COC(=O)c1cc(Cn2cnc3scc(-c4ccc(C)cc4)c3c2=O)oc1C. The van der Waals surface area contributed by atoms with E-state index in [2.05, 4.69) is 4.98 Å². The van der Waals surface area contributed by atoms with Gasteiger partial charge in [0.05, 0.1) is 25.4 Å². The van der Waals surface area contributed by atoms with Gasteiger partial charge >= 0.3 is 5.97 Å². The summed E-state index contributed by atoms with van der Waals surface area (Å²) in [6.45, 7) is 3.90. The van der Waals surface area contributed by atoms with Crippen molar-refractivity contribution in [2.75, 3.05) is 7.11 Å². The van der Waals surface area contributed by atoms with Crippen LogP contribution in [0.5, 0.6) is 0 Å². The highest BCUT2D eigenvalue weighted by molar-refractivity contribution is 7.17. The predicted octanol–water partition coefficient (Wildman–Crippen LogP) is 4.17. The Hall–Kier alpha value is -3.19. The molecule has 6 nitrogen and oxygen atoms in total. The van der Waals surface area contributed by atoms with Gasteiger partial charge in [-0.15, -0.1) is 11.3 Å². The van der Waals surface area contributed by atoms with Gasteiger partial charge in [0.2, 0.25) is 0 Å². The minimum absolute atomic E-state index is 0.143. The Morgan fingerprint density at radius 3 is 2.71 bits per heavy atom. The molecule has 4 aromatic rings. The normalized spacial score (nSPS) is 11.1. The van der Waals surface area contributed by atoms with E-state index in [1.165, 1.54) is 29.3 Å². The number of nitrogens with zero attached hydrogens (tertiary/aromatic N) is 2. The Bertz CT molecular complexity index is 1230. The summed E-state index contributed by atoms with van der Waals surface area (Å²) in [5.41, 5.74) is 3.23. The minimum Gasteiger partial charge on any atom is -0.465 e. The van der Waals surface area contributed by atoms with Crippen LogP contribution < -0.4 is 5.56 Å². The third kappa shape index (κ3) is 3.14. The lowest BCUT2D eigenvalue weighted by Crippen LogP contribution is -2.20. The number of aromatic nitrogens is 2. The average molecular weight is 394 g/mol. The van der Waals surface area contributed by atoms with Crippen molar-refractivity contribution in [2.24, 2.45) is 0 Å². The maximum atomic E-state index is 13.1. The molecule has 0 saturated heterocycles. The maximum Gasteiger partial charge on any atom is 0.341 e. The van der Waals surface area contributed by atoms with Crippen molar-refractivity contribution in [3.63, 3.8) is 0 Å². The van der Waals surface area contributed by atoms with Crippen LogP contribution in [0.4, 0.5) is 0 Å². The van der Waals surface area contributed by atoms with E-state index in [1.807, 2.05) is 36.6 Å². The first-order valence-electron chi connectivity index (χ1n) is 8.69. The van der Waals surface area contributed by atoms with Gasteiger partial charge in [0.15, 0.2) is 0 Å². The van der Waals surface area contributed by atoms with Gasteiger partial charge in [-0.05, 0) is 25.5 Å². The first-order chi connectivity index (χ1) is 13.5. The summed E-state index contributed by atoms with van der Waals surface area (Å²) in [5, 5.41) is 2.55. The molecule has 0 fully saturated rings. The number of hydrogen-bond donors (Lipinski definition) is 0. The smallest absolute Gasteiger partial charge is 0.341 e. The van der Waals surface area contributed by atoms with E-state index in [4.69, 9.17) is 9.15 Å². The Balaban J connectivity index is 1.76. The minimum atomic E-state index is -0.465.